The third-order valence-electron chi connectivity index (χ3n) is 3.92. The summed E-state index contributed by atoms with van der Waals surface area (Å²) < 4.78 is 0. The van der Waals surface area contributed by atoms with Crippen LogP contribution in [0.2, 0.25) is 0 Å². The molecule has 2 N–H and O–H groups in total. The van der Waals surface area contributed by atoms with Crippen LogP contribution in [0.1, 0.15) is 19.3 Å². The molecule has 1 aromatic carbocycles. The van der Waals surface area contributed by atoms with Crippen LogP contribution in [-0.4, -0.2) is 33.7 Å². The summed E-state index contributed by atoms with van der Waals surface area (Å²) in [5.74, 6) is 0.840. The van der Waals surface area contributed by atoms with Crippen molar-refractivity contribution in [2.45, 2.75) is 19.3 Å². The summed E-state index contributed by atoms with van der Waals surface area (Å²) in [6.45, 7) is 3.18. The number of benzene rings is 1. The second-order valence-electron chi connectivity index (χ2n) is 5.42. The van der Waals surface area contributed by atoms with E-state index in [1.165, 1.54) is 43.7 Å². The Morgan fingerprint density at radius 1 is 1.17 bits per heavy atom. The van der Waals surface area contributed by atoms with E-state index in [0.29, 0.717) is 0 Å². The molecule has 1 aliphatic rings. The first kappa shape index (κ1) is 13.2. The Morgan fingerprint density at radius 2 is 1.78 bits per heavy atom. The van der Waals surface area contributed by atoms with Crippen molar-refractivity contribution in [1.29, 1.82) is 0 Å². The highest BCUT2D eigenvalue weighted by molar-refractivity contribution is 5.55. The van der Waals surface area contributed by atoms with Gasteiger partial charge in [-0.3, -0.25) is 0 Å². The molecule has 1 aromatic rings. The van der Waals surface area contributed by atoms with Gasteiger partial charge in [0.05, 0.1) is 0 Å². The molecule has 0 bridgehead atoms. The molecular weight excluding hydrogens is 222 g/mol. The minimum atomic E-state index is 0.836. The molecule has 2 rings (SSSR count). The number of piperidine rings is 1. The Balaban J connectivity index is 1.93. The zero-order valence-corrected chi connectivity index (χ0v) is 11.6. The summed E-state index contributed by atoms with van der Waals surface area (Å²) in [5, 5.41) is 0. The van der Waals surface area contributed by atoms with E-state index in [1.807, 2.05) is 0 Å². The topological polar surface area (TPSA) is 32.5 Å². The highest BCUT2D eigenvalue weighted by Crippen LogP contribution is 2.26. The monoisotopic (exact) mass is 247 g/mol. The maximum Gasteiger partial charge on any atom is 0.0367 e. The van der Waals surface area contributed by atoms with Gasteiger partial charge >= 0.3 is 0 Å². The van der Waals surface area contributed by atoms with Crippen molar-refractivity contribution in [2.75, 3.05) is 43.5 Å². The smallest absolute Gasteiger partial charge is 0.0367 e. The van der Waals surface area contributed by atoms with Gasteiger partial charge in [-0.1, -0.05) is 0 Å². The molecule has 0 unspecified atom stereocenters. The van der Waals surface area contributed by atoms with Crippen LogP contribution in [0.25, 0.3) is 0 Å². The highest BCUT2D eigenvalue weighted by atomic mass is 15.1. The zero-order valence-electron chi connectivity index (χ0n) is 11.6. The molecule has 0 amide bonds. The number of hydrogen-bond acceptors (Lipinski definition) is 3. The van der Waals surface area contributed by atoms with Crippen molar-refractivity contribution in [3.63, 3.8) is 0 Å². The molecule has 1 heterocycles. The van der Waals surface area contributed by atoms with Crippen LogP contribution in [0.15, 0.2) is 24.3 Å². The van der Waals surface area contributed by atoms with Crippen molar-refractivity contribution >= 4 is 11.4 Å². The molecule has 3 heteroatoms. The van der Waals surface area contributed by atoms with E-state index in [9.17, 15) is 0 Å². The van der Waals surface area contributed by atoms with Crippen molar-refractivity contribution in [3.05, 3.63) is 24.3 Å². The van der Waals surface area contributed by atoms with E-state index >= 15 is 0 Å². The van der Waals surface area contributed by atoms with Crippen molar-refractivity contribution in [1.82, 2.24) is 0 Å². The van der Waals surface area contributed by atoms with E-state index in [1.54, 1.807) is 0 Å². The lowest BCUT2D eigenvalue weighted by molar-refractivity contribution is 0.386. The van der Waals surface area contributed by atoms with Gasteiger partial charge in [0.15, 0.2) is 0 Å². The van der Waals surface area contributed by atoms with Crippen molar-refractivity contribution in [3.8, 4) is 0 Å². The Morgan fingerprint density at radius 3 is 2.28 bits per heavy atom. The molecule has 0 atom stereocenters. The van der Waals surface area contributed by atoms with Crippen molar-refractivity contribution in [2.24, 2.45) is 11.7 Å². The number of anilines is 2. The van der Waals surface area contributed by atoms with Gasteiger partial charge in [-0.2, -0.15) is 0 Å². The Kier molecular flexibility index (Phi) is 4.48. The Labute approximate surface area is 111 Å². The van der Waals surface area contributed by atoms with E-state index in [-0.39, 0.29) is 0 Å². The SMILES string of the molecule is CN(C)c1ccc(N2CCC(CCN)CC2)cc1. The van der Waals surface area contributed by atoms with Crippen LogP contribution in [0.5, 0.6) is 0 Å². The van der Waals surface area contributed by atoms with E-state index in [2.05, 4.69) is 48.2 Å². The standard InChI is InChI=1S/C15H25N3/c1-17(2)14-3-5-15(6-4-14)18-11-8-13(7-10-16)9-12-18/h3-6,13H,7-12,16H2,1-2H3. The fourth-order valence-electron chi connectivity index (χ4n) is 2.68. The molecule has 0 aliphatic carbocycles. The first-order chi connectivity index (χ1) is 8.70. The van der Waals surface area contributed by atoms with Crippen LogP contribution in [0, 0.1) is 5.92 Å². The first-order valence-corrected chi connectivity index (χ1v) is 6.93. The average molecular weight is 247 g/mol. The zero-order chi connectivity index (χ0) is 13.0. The summed E-state index contributed by atoms with van der Waals surface area (Å²) in [4.78, 5) is 4.63. The summed E-state index contributed by atoms with van der Waals surface area (Å²) in [7, 11) is 4.15. The van der Waals surface area contributed by atoms with E-state index < -0.39 is 0 Å². The average Bonchev–Trinajstić information content (AvgIpc) is 2.40. The minimum absolute atomic E-state index is 0.836. The summed E-state index contributed by atoms with van der Waals surface area (Å²) >= 11 is 0. The molecule has 0 spiro atoms. The Hall–Kier alpha value is -1.22. The van der Waals surface area contributed by atoms with Gasteiger partial charge in [0.2, 0.25) is 0 Å². The van der Waals surface area contributed by atoms with Crippen LogP contribution in [0.4, 0.5) is 11.4 Å². The molecule has 18 heavy (non-hydrogen) atoms. The van der Waals surface area contributed by atoms with Gasteiger partial charge in [-0.15, -0.1) is 0 Å². The van der Waals surface area contributed by atoms with Crippen LogP contribution in [-0.2, 0) is 0 Å². The minimum Gasteiger partial charge on any atom is -0.378 e. The van der Waals surface area contributed by atoms with Crippen LogP contribution < -0.4 is 15.5 Å². The summed E-state index contributed by atoms with van der Waals surface area (Å²) in [5.41, 5.74) is 8.25. The van der Waals surface area contributed by atoms with Gasteiger partial charge in [-0.25, -0.2) is 0 Å². The molecule has 0 radical (unpaired) electrons. The van der Waals surface area contributed by atoms with Gasteiger partial charge in [0.25, 0.3) is 0 Å². The summed E-state index contributed by atoms with van der Waals surface area (Å²) in [6.07, 6.45) is 3.76. The first-order valence-electron chi connectivity index (χ1n) is 6.93. The fraction of sp³-hybridized carbons (Fsp3) is 0.600. The van der Waals surface area contributed by atoms with Gasteiger partial charge in [0, 0.05) is 38.6 Å². The summed E-state index contributed by atoms with van der Waals surface area (Å²) in [6, 6.07) is 8.86. The number of rotatable bonds is 4. The fourth-order valence-corrected chi connectivity index (χ4v) is 2.68. The maximum atomic E-state index is 5.63. The van der Waals surface area contributed by atoms with Crippen LogP contribution in [0.3, 0.4) is 0 Å². The number of hydrogen-bond donors (Lipinski definition) is 1. The molecule has 1 fully saturated rings. The normalized spacial score (nSPS) is 16.9. The molecular formula is C15H25N3. The third kappa shape index (κ3) is 3.16. The number of nitrogens with zero attached hydrogens (tertiary/aromatic N) is 2. The third-order valence-corrected chi connectivity index (χ3v) is 3.92. The molecule has 1 aliphatic heterocycles. The predicted molar refractivity (Wildman–Crippen MR) is 79.4 cm³/mol. The van der Waals surface area contributed by atoms with Gasteiger partial charge in [0.1, 0.15) is 0 Å². The molecule has 0 saturated carbocycles. The van der Waals surface area contributed by atoms with Crippen molar-refractivity contribution < 1.29 is 0 Å². The second-order valence-corrected chi connectivity index (χ2v) is 5.42. The number of nitrogens with two attached hydrogens (primary N) is 1. The second kappa shape index (κ2) is 6.10. The van der Waals surface area contributed by atoms with E-state index in [0.717, 1.165) is 12.5 Å². The van der Waals surface area contributed by atoms with Gasteiger partial charge in [-0.05, 0) is 56.0 Å². The van der Waals surface area contributed by atoms with Gasteiger partial charge < -0.3 is 15.5 Å². The predicted octanol–water partition coefficient (Wildman–Crippen LogP) is 2.32. The Bertz CT molecular complexity index is 351. The lowest BCUT2D eigenvalue weighted by Gasteiger charge is -2.33. The van der Waals surface area contributed by atoms with Crippen LogP contribution >= 0.6 is 0 Å². The molecule has 1 saturated heterocycles. The maximum absolute atomic E-state index is 5.63. The molecule has 0 aromatic heterocycles. The largest absolute Gasteiger partial charge is 0.378 e. The molecule has 100 valence electrons. The highest BCUT2D eigenvalue weighted by Gasteiger charge is 2.18. The molecule has 3 nitrogen and oxygen atoms in total. The quantitative estimate of drug-likeness (QED) is 0.886. The van der Waals surface area contributed by atoms with E-state index in [4.69, 9.17) is 5.73 Å². The lowest BCUT2D eigenvalue weighted by atomic mass is 9.93. The lowest BCUT2D eigenvalue weighted by Crippen LogP contribution is -2.34.